The molecule has 2 N–H and O–H groups in total. The number of hydrogen-bond acceptors (Lipinski definition) is 3. The smallest absolute Gasteiger partial charge is 0.307 e. The third kappa shape index (κ3) is 3.60. The highest BCUT2D eigenvalue weighted by atomic mass is 79.9. The van der Waals surface area contributed by atoms with Crippen LogP contribution < -0.4 is 5.73 Å². The molecule has 0 unspecified atom stereocenters. The van der Waals surface area contributed by atoms with Crippen LogP contribution in [0.25, 0.3) is 0 Å². The highest BCUT2D eigenvalue weighted by Crippen LogP contribution is 2.21. The van der Waals surface area contributed by atoms with Gasteiger partial charge in [-0.25, -0.2) is 4.39 Å². The molecular weight excluding hydrogens is 265 g/mol. The van der Waals surface area contributed by atoms with Gasteiger partial charge in [0.25, 0.3) is 0 Å². The molecule has 0 aromatic heterocycles. The molecule has 1 aromatic rings. The molecule has 0 saturated carbocycles. The van der Waals surface area contributed by atoms with E-state index in [2.05, 4.69) is 20.7 Å². The summed E-state index contributed by atoms with van der Waals surface area (Å²) in [5.74, 6) is -0.803. The van der Waals surface area contributed by atoms with Crippen LogP contribution in [0.2, 0.25) is 0 Å². The Morgan fingerprint density at radius 1 is 1.60 bits per heavy atom. The van der Waals surface area contributed by atoms with Crippen LogP contribution in [-0.4, -0.2) is 13.1 Å². The van der Waals surface area contributed by atoms with E-state index in [1.54, 1.807) is 6.07 Å². The van der Waals surface area contributed by atoms with E-state index < -0.39 is 12.0 Å². The van der Waals surface area contributed by atoms with E-state index in [0.717, 1.165) is 0 Å². The van der Waals surface area contributed by atoms with Gasteiger partial charge in [-0.15, -0.1) is 0 Å². The standard InChI is InChI=1S/C10H11BrFNO2/c1-15-10(14)5-9(13)6-2-7(11)4-8(12)3-6/h2-4,9H,5,13H2,1H3/t9-/m0/s1. The second-order valence-electron chi connectivity index (χ2n) is 3.09. The number of carbonyl (C=O) groups excluding carboxylic acids is 1. The Labute approximate surface area is 95.5 Å². The molecule has 1 rings (SSSR count). The highest BCUT2D eigenvalue weighted by molar-refractivity contribution is 9.10. The maximum atomic E-state index is 13.0. The van der Waals surface area contributed by atoms with Crippen LogP contribution in [0.3, 0.4) is 0 Å². The molecule has 0 amide bonds. The molecule has 0 radical (unpaired) electrons. The van der Waals surface area contributed by atoms with Gasteiger partial charge < -0.3 is 10.5 Å². The average Bonchev–Trinajstić information content (AvgIpc) is 2.16. The summed E-state index contributed by atoms with van der Waals surface area (Å²) in [6.45, 7) is 0. The van der Waals surface area contributed by atoms with Gasteiger partial charge in [-0.05, 0) is 23.8 Å². The highest BCUT2D eigenvalue weighted by Gasteiger charge is 2.13. The fraction of sp³-hybridized carbons (Fsp3) is 0.300. The Kier molecular flexibility index (Phi) is 4.23. The fourth-order valence-electron chi connectivity index (χ4n) is 1.17. The minimum atomic E-state index is -0.551. The number of hydrogen-bond donors (Lipinski definition) is 1. The van der Waals surface area contributed by atoms with Crippen molar-refractivity contribution in [3.63, 3.8) is 0 Å². The summed E-state index contributed by atoms with van der Waals surface area (Å²) in [5, 5.41) is 0. The summed E-state index contributed by atoms with van der Waals surface area (Å²) in [6.07, 6.45) is 0.0341. The monoisotopic (exact) mass is 275 g/mol. The quantitative estimate of drug-likeness (QED) is 0.860. The predicted molar refractivity (Wildman–Crippen MR) is 57.7 cm³/mol. The third-order valence-corrected chi connectivity index (χ3v) is 2.39. The summed E-state index contributed by atoms with van der Waals surface area (Å²) in [5.41, 5.74) is 6.28. The van der Waals surface area contributed by atoms with Crippen LogP contribution in [0.15, 0.2) is 22.7 Å². The summed E-state index contributed by atoms with van der Waals surface area (Å²) in [6, 6.07) is 3.76. The van der Waals surface area contributed by atoms with E-state index in [1.807, 2.05) is 0 Å². The van der Waals surface area contributed by atoms with Crippen molar-refractivity contribution in [1.29, 1.82) is 0 Å². The lowest BCUT2D eigenvalue weighted by atomic mass is 10.1. The Bertz CT molecular complexity index is 350. The number of carbonyl (C=O) groups is 1. The SMILES string of the molecule is COC(=O)C[C@H](N)c1cc(F)cc(Br)c1. The Balaban J connectivity index is 2.81. The zero-order valence-corrected chi connectivity index (χ0v) is 9.75. The van der Waals surface area contributed by atoms with Gasteiger partial charge in [0.15, 0.2) is 0 Å². The van der Waals surface area contributed by atoms with Crippen molar-refractivity contribution in [2.45, 2.75) is 12.5 Å². The van der Waals surface area contributed by atoms with Crippen LogP contribution in [0.5, 0.6) is 0 Å². The Morgan fingerprint density at radius 2 is 2.27 bits per heavy atom. The lowest BCUT2D eigenvalue weighted by molar-refractivity contribution is -0.141. The molecule has 0 aliphatic carbocycles. The minimum absolute atomic E-state index is 0.0341. The van der Waals surface area contributed by atoms with Crippen molar-refractivity contribution < 1.29 is 13.9 Å². The van der Waals surface area contributed by atoms with Crippen molar-refractivity contribution in [3.05, 3.63) is 34.1 Å². The molecular formula is C10H11BrFNO2. The van der Waals surface area contributed by atoms with Gasteiger partial charge in [0.05, 0.1) is 13.5 Å². The first-order valence-corrected chi connectivity index (χ1v) is 5.10. The third-order valence-electron chi connectivity index (χ3n) is 1.93. The fourth-order valence-corrected chi connectivity index (χ4v) is 1.65. The van der Waals surface area contributed by atoms with Crippen molar-refractivity contribution in [2.24, 2.45) is 5.73 Å². The van der Waals surface area contributed by atoms with E-state index in [9.17, 15) is 9.18 Å². The number of nitrogens with two attached hydrogens (primary N) is 1. The van der Waals surface area contributed by atoms with Crippen LogP contribution in [0, 0.1) is 5.82 Å². The second kappa shape index (κ2) is 5.23. The molecule has 82 valence electrons. The maximum Gasteiger partial charge on any atom is 0.307 e. The largest absolute Gasteiger partial charge is 0.469 e. The molecule has 0 saturated heterocycles. The number of halogens is 2. The molecule has 5 heteroatoms. The zero-order chi connectivity index (χ0) is 11.4. The molecule has 0 heterocycles. The van der Waals surface area contributed by atoms with Gasteiger partial charge in [-0.3, -0.25) is 4.79 Å². The van der Waals surface area contributed by atoms with E-state index >= 15 is 0 Å². The van der Waals surface area contributed by atoms with Crippen molar-refractivity contribution in [2.75, 3.05) is 7.11 Å². The van der Waals surface area contributed by atoms with E-state index in [0.29, 0.717) is 10.0 Å². The van der Waals surface area contributed by atoms with Gasteiger partial charge >= 0.3 is 5.97 Å². The van der Waals surface area contributed by atoms with Gasteiger partial charge in [0, 0.05) is 10.5 Å². The molecule has 1 aromatic carbocycles. The number of rotatable bonds is 3. The molecule has 0 spiro atoms. The van der Waals surface area contributed by atoms with Gasteiger partial charge in [-0.2, -0.15) is 0 Å². The van der Waals surface area contributed by atoms with Crippen LogP contribution in [0.4, 0.5) is 4.39 Å². The summed E-state index contributed by atoms with van der Waals surface area (Å²) in [4.78, 5) is 11.0. The molecule has 15 heavy (non-hydrogen) atoms. The van der Waals surface area contributed by atoms with E-state index in [1.165, 1.54) is 19.2 Å². The first-order chi connectivity index (χ1) is 7.02. The van der Waals surface area contributed by atoms with Crippen LogP contribution in [-0.2, 0) is 9.53 Å². The first-order valence-electron chi connectivity index (χ1n) is 4.31. The molecule has 0 fully saturated rings. The van der Waals surface area contributed by atoms with E-state index in [4.69, 9.17) is 5.73 Å². The molecule has 0 bridgehead atoms. The van der Waals surface area contributed by atoms with E-state index in [-0.39, 0.29) is 12.2 Å². The molecule has 1 atom stereocenters. The van der Waals surface area contributed by atoms with Gasteiger partial charge in [-0.1, -0.05) is 15.9 Å². The van der Waals surface area contributed by atoms with Crippen LogP contribution >= 0.6 is 15.9 Å². The average molecular weight is 276 g/mol. The van der Waals surface area contributed by atoms with Gasteiger partial charge in [0.1, 0.15) is 5.82 Å². The van der Waals surface area contributed by atoms with Gasteiger partial charge in [0.2, 0.25) is 0 Å². The summed E-state index contributed by atoms with van der Waals surface area (Å²) < 4.78 is 18.1. The summed E-state index contributed by atoms with van der Waals surface area (Å²) in [7, 11) is 1.29. The van der Waals surface area contributed by atoms with Crippen molar-refractivity contribution >= 4 is 21.9 Å². The zero-order valence-electron chi connectivity index (χ0n) is 8.17. The lowest BCUT2D eigenvalue weighted by Gasteiger charge is -2.11. The maximum absolute atomic E-state index is 13.0. The van der Waals surface area contributed by atoms with Crippen molar-refractivity contribution in [3.8, 4) is 0 Å². The molecule has 0 aliphatic rings. The van der Waals surface area contributed by atoms with Crippen LogP contribution in [0.1, 0.15) is 18.0 Å². The second-order valence-corrected chi connectivity index (χ2v) is 4.01. The summed E-state index contributed by atoms with van der Waals surface area (Å²) >= 11 is 3.15. The topological polar surface area (TPSA) is 52.3 Å². The Morgan fingerprint density at radius 3 is 2.80 bits per heavy atom. The van der Waals surface area contributed by atoms with Crippen molar-refractivity contribution in [1.82, 2.24) is 0 Å². The Hall–Kier alpha value is -0.940. The number of esters is 1. The minimum Gasteiger partial charge on any atom is -0.469 e. The number of benzene rings is 1. The lowest BCUT2D eigenvalue weighted by Crippen LogP contribution is -2.16. The molecule has 3 nitrogen and oxygen atoms in total. The normalized spacial score (nSPS) is 12.3. The number of ether oxygens (including phenoxy) is 1. The predicted octanol–water partition coefficient (Wildman–Crippen LogP) is 2.15. The number of methoxy groups -OCH3 is 1. The first kappa shape index (κ1) is 12.1. The molecule has 0 aliphatic heterocycles.